The fraction of sp³-hybridized carbons (Fsp3) is 0.385. The van der Waals surface area contributed by atoms with E-state index in [4.69, 9.17) is 9.47 Å². The summed E-state index contributed by atoms with van der Waals surface area (Å²) in [5, 5.41) is 10.8. The molecule has 0 bridgehead atoms. The largest absolute Gasteiger partial charge is 0.550 e. The van der Waals surface area contributed by atoms with Gasteiger partial charge in [0.1, 0.15) is 13.2 Å². The lowest BCUT2D eigenvalue weighted by molar-refractivity contribution is -0.310. The molecule has 1 aromatic carbocycles. The first-order valence-electron chi connectivity index (χ1n) is 6.06. The van der Waals surface area contributed by atoms with E-state index < -0.39 is 11.9 Å². The molecule has 2 aliphatic rings. The molecule has 6 nitrogen and oxygen atoms in total. The van der Waals surface area contributed by atoms with E-state index in [-0.39, 0.29) is 18.9 Å². The first kappa shape index (κ1) is 11.8. The number of rotatable bonds is 2. The van der Waals surface area contributed by atoms with Gasteiger partial charge in [-0.05, 0) is 12.1 Å². The number of carboxylic acid groups (broad SMARTS) is 1. The summed E-state index contributed by atoms with van der Waals surface area (Å²) < 4.78 is 10.8. The fourth-order valence-electron chi connectivity index (χ4n) is 2.31. The predicted octanol–water partition coefficient (Wildman–Crippen LogP) is -0.439. The monoisotopic (exact) mass is 262 g/mol. The molecule has 19 heavy (non-hydrogen) atoms. The zero-order valence-electron chi connectivity index (χ0n) is 10.1. The average molecular weight is 262 g/mol. The van der Waals surface area contributed by atoms with E-state index in [9.17, 15) is 14.7 Å². The van der Waals surface area contributed by atoms with Crippen LogP contribution in [0.4, 0.5) is 5.69 Å². The topological polar surface area (TPSA) is 78.9 Å². The molecule has 3 rings (SSSR count). The van der Waals surface area contributed by atoms with E-state index in [1.807, 2.05) is 0 Å². The molecule has 1 fully saturated rings. The Balaban J connectivity index is 1.86. The lowest BCUT2D eigenvalue weighted by Gasteiger charge is -2.22. The van der Waals surface area contributed by atoms with Gasteiger partial charge < -0.3 is 24.3 Å². The normalized spacial score (nSPS) is 21.6. The molecule has 100 valence electrons. The van der Waals surface area contributed by atoms with E-state index in [2.05, 4.69) is 0 Å². The van der Waals surface area contributed by atoms with Gasteiger partial charge in [-0.25, -0.2) is 0 Å². The van der Waals surface area contributed by atoms with Gasteiger partial charge in [-0.3, -0.25) is 4.79 Å². The third-order valence-corrected chi connectivity index (χ3v) is 3.30. The average Bonchev–Trinajstić information content (AvgIpc) is 2.80. The summed E-state index contributed by atoms with van der Waals surface area (Å²) in [6.45, 7) is 1.11. The van der Waals surface area contributed by atoms with Crippen molar-refractivity contribution in [1.82, 2.24) is 0 Å². The smallest absolute Gasteiger partial charge is 0.227 e. The van der Waals surface area contributed by atoms with E-state index in [0.717, 1.165) is 0 Å². The SMILES string of the molecule is O=C([O-])[C@@H]1CC(=O)N(c2ccc3c(c2)OCCO3)C1. The molecule has 0 unspecified atom stereocenters. The lowest BCUT2D eigenvalue weighted by atomic mass is 10.1. The second kappa shape index (κ2) is 4.46. The van der Waals surface area contributed by atoms with Gasteiger partial charge in [0.15, 0.2) is 11.5 Å². The number of ether oxygens (including phenoxy) is 2. The fourth-order valence-corrected chi connectivity index (χ4v) is 2.31. The number of benzene rings is 1. The van der Waals surface area contributed by atoms with Crippen molar-refractivity contribution >= 4 is 17.6 Å². The Morgan fingerprint density at radius 1 is 1.26 bits per heavy atom. The summed E-state index contributed by atoms with van der Waals surface area (Å²) in [7, 11) is 0. The Bertz CT molecular complexity index is 542. The molecule has 1 atom stereocenters. The van der Waals surface area contributed by atoms with E-state index in [0.29, 0.717) is 30.4 Å². The van der Waals surface area contributed by atoms with Crippen molar-refractivity contribution < 1.29 is 24.2 Å². The van der Waals surface area contributed by atoms with E-state index >= 15 is 0 Å². The molecule has 1 saturated heterocycles. The van der Waals surface area contributed by atoms with Crippen LogP contribution in [-0.2, 0) is 9.59 Å². The quantitative estimate of drug-likeness (QED) is 0.722. The van der Waals surface area contributed by atoms with Crippen LogP contribution in [0.15, 0.2) is 18.2 Å². The summed E-state index contributed by atoms with van der Waals surface area (Å²) in [6.07, 6.45) is -0.0171. The van der Waals surface area contributed by atoms with Gasteiger partial charge >= 0.3 is 0 Å². The predicted molar refractivity (Wildman–Crippen MR) is 62.9 cm³/mol. The zero-order valence-corrected chi connectivity index (χ0v) is 10.1. The summed E-state index contributed by atoms with van der Waals surface area (Å²) >= 11 is 0. The summed E-state index contributed by atoms with van der Waals surface area (Å²) in [6, 6.07) is 5.15. The number of nitrogens with zero attached hydrogens (tertiary/aromatic N) is 1. The molecule has 2 aliphatic heterocycles. The van der Waals surface area contributed by atoms with Crippen LogP contribution in [-0.4, -0.2) is 31.6 Å². The highest BCUT2D eigenvalue weighted by Gasteiger charge is 2.31. The standard InChI is InChI=1S/C13H13NO5/c15-12-5-8(13(16)17)7-14(12)9-1-2-10-11(6-9)19-4-3-18-10/h1-2,6,8H,3-5,7H2,(H,16,17)/p-1/t8-/m1/s1. The second-order valence-corrected chi connectivity index (χ2v) is 4.55. The van der Waals surface area contributed by atoms with Crippen LogP contribution in [0.2, 0.25) is 0 Å². The molecule has 0 spiro atoms. The van der Waals surface area contributed by atoms with E-state index in [1.165, 1.54) is 4.90 Å². The van der Waals surface area contributed by atoms with Gasteiger partial charge in [0.25, 0.3) is 0 Å². The zero-order chi connectivity index (χ0) is 13.4. The molecular formula is C13H12NO5-. The number of amides is 1. The lowest BCUT2D eigenvalue weighted by Crippen LogP contribution is -2.33. The summed E-state index contributed by atoms with van der Waals surface area (Å²) in [4.78, 5) is 24.1. The molecule has 1 aromatic rings. The van der Waals surface area contributed by atoms with Crippen LogP contribution in [0.1, 0.15) is 6.42 Å². The molecule has 0 aliphatic carbocycles. The molecule has 1 amide bonds. The maximum atomic E-state index is 11.8. The van der Waals surface area contributed by atoms with Crippen molar-refractivity contribution in [2.45, 2.75) is 6.42 Å². The van der Waals surface area contributed by atoms with Gasteiger partial charge in [0.05, 0.1) is 0 Å². The third-order valence-electron chi connectivity index (χ3n) is 3.30. The molecule has 2 heterocycles. The number of fused-ring (bicyclic) bond motifs is 1. The molecule has 0 N–H and O–H groups in total. The first-order valence-corrected chi connectivity index (χ1v) is 6.06. The highest BCUT2D eigenvalue weighted by molar-refractivity contribution is 5.99. The number of carbonyl (C=O) groups is 2. The van der Waals surface area contributed by atoms with E-state index in [1.54, 1.807) is 18.2 Å². The van der Waals surface area contributed by atoms with Crippen molar-refractivity contribution in [2.24, 2.45) is 5.92 Å². The minimum absolute atomic E-state index is 0.0171. The van der Waals surface area contributed by atoms with Crippen LogP contribution in [0.5, 0.6) is 11.5 Å². The molecule has 6 heteroatoms. The van der Waals surface area contributed by atoms with Gasteiger partial charge in [0.2, 0.25) is 5.91 Å². The Hall–Kier alpha value is -2.24. The number of aliphatic carboxylic acids is 1. The van der Waals surface area contributed by atoms with Crippen molar-refractivity contribution in [1.29, 1.82) is 0 Å². The van der Waals surface area contributed by atoms with Crippen LogP contribution in [0, 0.1) is 5.92 Å². The molecule has 0 aromatic heterocycles. The summed E-state index contributed by atoms with van der Waals surface area (Å²) in [5.41, 5.74) is 0.623. The Labute approximate surface area is 109 Å². The van der Waals surface area contributed by atoms with Crippen LogP contribution >= 0.6 is 0 Å². The number of hydrogen-bond acceptors (Lipinski definition) is 5. The number of anilines is 1. The number of hydrogen-bond donors (Lipinski definition) is 0. The van der Waals surface area contributed by atoms with Crippen molar-refractivity contribution in [3.05, 3.63) is 18.2 Å². The molecule has 0 radical (unpaired) electrons. The van der Waals surface area contributed by atoms with Crippen molar-refractivity contribution in [3.63, 3.8) is 0 Å². The van der Waals surface area contributed by atoms with Crippen LogP contribution in [0.3, 0.4) is 0 Å². The molecular weight excluding hydrogens is 250 g/mol. The van der Waals surface area contributed by atoms with Crippen molar-refractivity contribution in [3.8, 4) is 11.5 Å². The Morgan fingerprint density at radius 3 is 2.68 bits per heavy atom. The van der Waals surface area contributed by atoms with Gasteiger partial charge in [-0.1, -0.05) is 0 Å². The minimum atomic E-state index is -1.19. The first-order chi connectivity index (χ1) is 9.15. The maximum absolute atomic E-state index is 11.8. The van der Waals surface area contributed by atoms with Gasteiger partial charge in [-0.2, -0.15) is 0 Å². The number of carbonyl (C=O) groups excluding carboxylic acids is 2. The number of carboxylic acids is 1. The highest BCUT2D eigenvalue weighted by Crippen LogP contribution is 2.35. The Morgan fingerprint density at radius 2 is 2.00 bits per heavy atom. The molecule has 0 saturated carbocycles. The van der Waals surface area contributed by atoms with Crippen LogP contribution in [0.25, 0.3) is 0 Å². The minimum Gasteiger partial charge on any atom is -0.550 e. The third kappa shape index (κ3) is 2.09. The van der Waals surface area contributed by atoms with Gasteiger partial charge in [0, 0.05) is 36.6 Å². The van der Waals surface area contributed by atoms with Crippen molar-refractivity contribution in [2.75, 3.05) is 24.7 Å². The van der Waals surface area contributed by atoms with Crippen LogP contribution < -0.4 is 19.5 Å². The van der Waals surface area contributed by atoms with Gasteiger partial charge in [-0.15, -0.1) is 0 Å². The highest BCUT2D eigenvalue weighted by atomic mass is 16.6. The Kier molecular flexibility index (Phi) is 2.77. The maximum Gasteiger partial charge on any atom is 0.227 e. The summed E-state index contributed by atoms with van der Waals surface area (Å²) in [5.74, 6) is -0.938. The second-order valence-electron chi connectivity index (χ2n) is 4.55.